The molecule has 2 fully saturated rings. The van der Waals surface area contributed by atoms with Gasteiger partial charge >= 0.3 is 5.69 Å². The van der Waals surface area contributed by atoms with E-state index in [2.05, 4.69) is 16.0 Å². The number of nitrogens with zero attached hydrogens (tertiary/aromatic N) is 6. The number of pyridine rings is 1. The van der Waals surface area contributed by atoms with Crippen LogP contribution in [0.1, 0.15) is 47.3 Å². The molecule has 37 heavy (non-hydrogen) atoms. The Morgan fingerprint density at radius 3 is 2.65 bits per heavy atom. The van der Waals surface area contributed by atoms with Gasteiger partial charge in [0.25, 0.3) is 5.91 Å². The summed E-state index contributed by atoms with van der Waals surface area (Å²) in [5.74, 6) is -0.207. The molecule has 0 saturated carbocycles. The molecule has 3 N–H and O–H groups in total. The lowest BCUT2D eigenvalue weighted by atomic mass is 10.0. The second kappa shape index (κ2) is 10.9. The quantitative estimate of drug-likeness (QED) is 0.528. The highest BCUT2D eigenvalue weighted by Crippen LogP contribution is 2.30. The first-order valence-corrected chi connectivity index (χ1v) is 12.4. The van der Waals surface area contributed by atoms with Gasteiger partial charge in [-0.2, -0.15) is 5.26 Å². The number of hydrogen-bond acceptors (Lipinski definition) is 7. The molecule has 2 aliphatic heterocycles. The molecule has 1 amide bonds. The predicted molar refractivity (Wildman–Crippen MR) is 143 cm³/mol. The molecule has 1 aromatic carbocycles. The van der Waals surface area contributed by atoms with Crippen LogP contribution in [0.4, 0.5) is 5.69 Å². The average molecular weight is 526 g/mol. The fourth-order valence-corrected chi connectivity index (χ4v) is 5.27. The zero-order chi connectivity index (χ0) is 25.4. The van der Waals surface area contributed by atoms with Crippen molar-refractivity contribution in [2.45, 2.75) is 44.4 Å². The van der Waals surface area contributed by atoms with Crippen LogP contribution in [0.2, 0.25) is 0 Å². The molecule has 1 unspecified atom stereocenters. The zero-order valence-corrected chi connectivity index (χ0v) is 21.7. The molecule has 5 rings (SSSR count). The van der Waals surface area contributed by atoms with Crippen molar-refractivity contribution in [3.63, 3.8) is 0 Å². The number of aryl methyl sites for hydroxylation is 1. The average Bonchev–Trinajstić information content (AvgIpc) is 3.13. The highest BCUT2D eigenvalue weighted by molar-refractivity contribution is 5.98. The van der Waals surface area contributed by atoms with Crippen LogP contribution in [-0.2, 0) is 13.6 Å². The van der Waals surface area contributed by atoms with Crippen molar-refractivity contribution in [2.75, 3.05) is 31.1 Å². The minimum absolute atomic E-state index is 0. The first kappa shape index (κ1) is 26.7. The van der Waals surface area contributed by atoms with Gasteiger partial charge in [-0.1, -0.05) is 18.2 Å². The minimum atomic E-state index is -0.388. The maximum absolute atomic E-state index is 13.4. The second-order valence-electron chi connectivity index (χ2n) is 9.77. The lowest BCUT2D eigenvalue weighted by Gasteiger charge is -2.34. The van der Waals surface area contributed by atoms with Gasteiger partial charge in [-0.3, -0.25) is 13.9 Å². The topological polar surface area (TPSA) is 133 Å². The van der Waals surface area contributed by atoms with E-state index in [4.69, 9.17) is 5.73 Å². The third-order valence-corrected chi connectivity index (χ3v) is 7.30. The Kier molecular flexibility index (Phi) is 7.87. The molecule has 1 atom stereocenters. The van der Waals surface area contributed by atoms with E-state index in [1.54, 1.807) is 34.7 Å². The zero-order valence-electron chi connectivity index (χ0n) is 20.8. The number of piperidine rings is 2. The molecule has 3 aromatic rings. The van der Waals surface area contributed by atoms with Gasteiger partial charge in [-0.25, -0.2) is 9.78 Å². The molecule has 10 nitrogen and oxygen atoms in total. The highest BCUT2D eigenvalue weighted by Gasteiger charge is 2.29. The van der Waals surface area contributed by atoms with Crippen molar-refractivity contribution in [2.24, 2.45) is 12.8 Å². The molecule has 196 valence electrons. The molecule has 0 spiro atoms. The standard InChI is InChI=1S/C26H31N7O3.ClH/c1-30-24-23(33(26(30)36)15-18-6-3-2-5-17(18)14-27)22(32-10-4-7-19(28)16-32)13-21(29-24)25(35)31-11-8-20(34)9-12-31;/h2-3,5-6,13,19-20,34H,4,7-12,15-16,28H2,1H3;1H. The molecule has 0 bridgehead atoms. The summed E-state index contributed by atoms with van der Waals surface area (Å²) in [6.07, 6.45) is 2.52. The normalized spacial score (nSPS) is 18.5. The summed E-state index contributed by atoms with van der Waals surface area (Å²) in [6.45, 7) is 2.52. The molecule has 2 aromatic heterocycles. The van der Waals surface area contributed by atoms with Crippen LogP contribution >= 0.6 is 12.4 Å². The lowest BCUT2D eigenvalue weighted by Crippen LogP contribution is -2.43. The van der Waals surface area contributed by atoms with Crippen molar-refractivity contribution in [3.05, 3.63) is 57.6 Å². The number of fused-ring (bicyclic) bond motifs is 1. The number of anilines is 1. The van der Waals surface area contributed by atoms with E-state index >= 15 is 0 Å². The number of aliphatic hydroxyl groups is 1. The van der Waals surface area contributed by atoms with Crippen molar-refractivity contribution < 1.29 is 9.90 Å². The number of rotatable bonds is 4. The van der Waals surface area contributed by atoms with Crippen molar-refractivity contribution in [1.29, 1.82) is 5.26 Å². The SMILES string of the molecule is Cl.Cn1c(=O)n(Cc2ccccc2C#N)c2c(N3CCCC(N)C3)cc(C(=O)N3CCC(O)CC3)nc21. The van der Waals surface area contributed by atoms with E-state index in [1.807, 2.05) is 12.1 Å². The Labute approximate surface area is 221 Å². The number of halogens is 1. The number of likely N-dealkylation sites (tertiary alicyclic amines) is 1. The number of carbonyl (C=O) groups is 1. The van der Waals surface area contributed by atoms with Crippen LogP contribution in [0, 0.1) is 11.3 Å². The fourth-order valence-electron chi connectivity index (χ4n) is 5.27. The van der Waals surface area contributed by atoms with Gasteiger partial charge in [0.1, 0.15) is 11.2 Å². The summed E-state index contributed by atoms with van der Waals surface area (Å²) < 4.78 is 3.11. The van der Waals surface area contributed by atoms with Gasteiger partial charge in [0.15, 0.2) is 5.65 Å². The van der Waals surface area contributed by atoms with E-state index < -0.39 is 0 Å². The van der Waals surface area contributed by atoms with Gasteiger partial charge in [-0.05, 0) is 43.4 Å². The molecule has 4 heterocycles. The largest absolute Gasteiger partial charge is 0.393 e. The molecule has 2 aliphatic rings. The summed E-state index contributed by atoms with van der Waals surface area (Å²) in [6, 6.07) is 11.2. The second-order valence-corrected chi connectivity index (χ2v) is 9.77. The number of imidazole rings is 1. The number of aromatic nitrogens is 3. The van der Waals surface area contributed by atoms with E-state index in [-0.39, 0.29) is 48.4 Å². The Balaban J connectivity index is 0.00000320. The number of aliphatic hydroxyl groups excluding tert-OH is 1. The van der Waals surface area contributed by atoms with Gasteiger partial charge in [0.05, 0.1) is 30.0 Å². The van der Waals surface area contributed by atoms with Crippen molar-refractivity contribution in [3.8, 4) is 6.07 Å². The third-order valence-electron chi connectivity index (χ3n) is 7.30. The number of nitriles is 1. The van der Waals surface area contributed by atoms with Crippen LogP contribution in [0.15, 0.2) is 35.1 Å². The Morgan fingerprint density at radius 1 is 1.22 bits per heavy atom. The predicted octanol–water partition coefficient (Wildman–Crippen LogP) is 1.60. The molecule has 0 aliphatic carbocycles. The van der Waals surface area contributed by atoms with E-state index in [9.17, 15) is 20.0 Å². The first-order valence-electron chi connectivity index (χ1n) is 12.4. The number of carbonyl (C=O) groups excluding carboxylic acids is 1. The molecule has 2 saturated heterocycles. The van der Waals surface area contributed by atoms with Crippen LogP contribution < -0.4 is 16.3 Å². The summed E-state index contributed by atoms with van der Waals surface area (Å²) in [4.78, 5) is 35.4. The van der Waals surface area contributed by atoms with Crippen molar-refractivity contribution in [1.82, 2.24) is 19.0 Å². The number of hydrogen-bond donors (Lipinski definition) is 2. The maximum atomic E-state index is 13.4. The van der Waals surface area contributed by atoms with E-state index in [0.29, 0.717) is 49.2 Å². The van der Waals surface area contributed by atoms with E-state index in [0.717, 1.165) is 30.6 Å². The number of benzene rings is 1. The van der Waals surface area contributed by atoms with Crippen LogP contribution in [0.3, 0.4) is 0 Å². The van der Waals surface area contributed by atoms with Gasteiger partial charge in [0.2, 0.25) is 0 Å². The summed E-state index contributed by atoms with van der Waals surface area (Å²) >= 11 is 0. The summed E-state index contributed by atoms with van der Waals surface area (Å²) in [5, 5.41) is 19.4. The van der Waals surface area contributed by atoms with Crippen LogP contribution in [-0.4, -0.2) is 68.4 Å². The molecule has 0 radical (unpaired) electrons. The highest BCUT2D eigenvalue weighted by atomic mass is 35.5. The van der Waals surface area contributed by atoms with Gasteiger partial charge in [0, 0.05) is 39.3 Å². The summed E-state index contributed by atoms with van der Waals surface area (Å²) in [7, 11) is 1.65. The molecular formula is C26H32ClN7O3. The summed E-state index contributed by atoms with van der Waals surface area (Å²) in [5.41, 5.74) is 9.37. The lowest BCUT2D eigenvalue weighted by molar-refractivity contribution is 0.0542. The van der Waals surface area contributed by atoms with Crippen LogP contribution in [0.5, 0.6) is 0 Å². The fraction of sp³-hybridized carbons (Fsp3) is 0.462. The first-order chi connectivity index (χ1) is 17.4. The third kappa shape index (κ3) is 5.07. The number of nitrogens with two attached hydrogens (primary N) is 1. The van der Waals surface area contributed by atoms with Gasteiger partial charge < -0.3 is 20.6 Å². The van der Waals surface area contributed by atoms with Crippen LogP contribution in [0.25, 0.3) is 11.2 Å². The van der Waals surface area contributed by atoms with Gasteiger partial charge in [-0.15, -0.1) is 12.4 Å². The molecule has 11 heteroatoms. The molecular weight excluding hydrogens is 494 g/mol. The smallest absolute Gasteiger partial charge is 0.330 e. The maximum Gasteiger partial charge on any atom is 0.330 e. The van der Waals surface area contributed by atoms with Crippen molar-refractivity contribution >= 4 is 35.2 Å². The Bertz CT molecular complexity index is 1400. The number of amides is 1. The van der Waals surface area contributed by atoms with E-state index in [1.165, 1.54) is 4.57 Å². The Hall–Kier alpha value is -3.39. The monoisotopic (exact) mass is 525 g/mol. The minimum Gasteiger partial charge on any atom is -0.393 e. The Morgan fingerprint density at radius 2 is 1.95 bits per heavy atom.